The Hall–Kier alpha value is -1.13. The molecule has 1 unspecified atom stereocenters. The summed E-state index contributed by atoms with van der Waals surface area (Å²) < 4.78 is 24.2. The Morgan fingerprint density at radius 1 is 1.59 bits per heavy atom. The molecule has 1 heterocycles. The van der Waals surface area contributed by atoms with Crippen LogP contribution in [-0.4, -0.2) is 23.9 Å². The Bertz CT molecular complexity index is 408. The van der Waals surface area contributed by atoms with E-state index in [1.807, 2.05) is 13.8 Å². The maximum atomic E-state index is 13.1. The van der Waals surface area contributed by atoms with Gasteiger partial charge in [0.1, 0.15) is 17.2 Å². The Morgan fingerprint density at radius 2 is 2.35 bits per heavy atom. The average Bonchev–Trinajstić information content (AvgIpc) is 2.28. The lowest BCUT2D eigenvalue weighted by Gasteiger charge is -2.37. The van der Waals surface area contributed by atoms with Crippen molar-refractivity contribution < 1.29 is 19.0 Å². The van der Waals surface area contributed by atoms with Gasteiger partial charge in [-0.05, 0) is 32.0 Å². The number of rotatable bonds is 3. The van der Waals surface area contributed by atoms with Crippen LogP contribution < -0.4 is 4.74 Å². The lowest BCUT2D eigenvalue weighted by atomic mass is 9.91. The second kappa shape index (κ2) is 4.63. The van der Waals surface area contributed by atoms with E-state index in [9.17, 15) is 9.50 Å². The van der Waals surface area contributed by atoms with Crippen LogP contribution in [0.1, 0.15) is 31.9 Å². The van der Waals surface area contributed by atoms with Crippen molar-refractivity contribution in [2.45, 2.75) is 32.0 Å². The standard InChI is InChI=1S/C13H17FO3/c1-3-16-8-13(2)7-11(15)10-6-9(14)4-5-12(10)17-13/h4-6,11,15H,3,7-8H2,1-2H3/t11-,13?/m1/s1. The van der Waals surface area contributed by atoms with Crippen molar-refractivity contribution in [1.29, 1.82) is 0 Å². The fraction of sp³-hybridized carbons (Fsp3) is 0.538. The molecule has 1 aliphatic heterocycles. The first-order valence-electron chi connectivity index (χ1n) is 5.78. The Balaban J connectivity index is 2.23. The van der Waals surface area contributed by atoms with Gasteiger partial charge in [-0.3, -0.25) is 0 Å². The van der Waals surface area contributed by atoms with E-state index < -0.39 is 11.7 Å². The second-order valence-corrected chi connectivity index (χ2v) is 4.59. The largest absolute Gasteiger partial charge is 0.485 e. The van der Waals surface area contributed by atoms with Gasteiger partial charge in [0.15, 0.2) is 0 Å². The summed E-state index contributed by atoms with van der Waals surface area (Å²) in [6, 6.07) is 4.20. The molecule has 2 atom stereocenters. The summed E-state index contributed by atoms with van der Waals surface area (Å²) in [4.78, 5) is 0. The van der Waals surface area contributed by atoms with Gasteiger partial charge in [-0.25, -0.2) is 4.39 Å². The molecule has 1 aliphatic rings. The van der Waals surface area contributed by atoms with Crippen LogP contribution in [-0.2, 0) is 4.74 Å². The molecular formula is C13H17FO3. The smallest absolute Gasteiger partial charge is 0.132 e. The molecule has 1 aromatic rings. The van der Waals surface area contributed by atoms with Gasteiger partial charge in [0.05, 0.1) is 12.7 Å². The molecule has 0 saturated heterocycles. The maximum Gasteiger partial charge on any atom is 0.132 e. The van der Waals surface area contributed by atoms with Gasteiger partial charge in [0.25, 0.3) is 0 Å². The number of benzene rings is 1. The SMILES string of the molecule is CCOCC1(C)C[C@@H](O)c2cc(F)ccc2O1. The van der Waals surface area contributed by atoms with E-state index >= 15 is 0 Å². The molecular weight excluding hydrogens is 223 g/mol. The van der Waals surface area contributed by atoms with Gasteiger partial charge >= 0.3 is 0 Å². The molecule has 2 rings (SSSR count). The van der Waals surface area contributed by atoms with Gasteiger partial charge < -0.3 is 14.6 Å². The van der Waals surface area contributed by atoms with Gasteiger partial charge in [-0.15, -0.1) is 0 Å². The second-order valence-electron chi connectivity index (χ2n) is 4.59. The highest BCUT2D eigenvalue weighted by Crippen LogP contribution is 2.39. The van der Waals surface area contributed by atoms with Crippen molar-refractivity contribution in [1.82, 2.24) is 0 Å². The molecule has 3 nitrogen and oxygen atoms in total. The van der Waals surface area contributed by atoms with Crippen LogP contribution in [0.15, 0.2) is 18.2 Å². The van der Waals surface area contributed by atoms with Crippen molar-refractivity contribution in [2.24, 2.45) is 0 Å². The minimum atomic E-state index is -0.708. The first-order chi connectivity index (χ1) is 8.04. The zero-order chi connectivity index (χ0) is 12.5. The number of hydrogen-bond donors (Lipinski definition) is 1. The van der Waals surface area contributed by atoms with Crippen molar-refractivity contribution in [3.8, 4) is 5.75 Å². The molecule has 4 heteroatoms. The van der Waals surface area contributed by atoms with Crippen molar-refractivity contribution in [3.05, 3.63) is 29.6 Å². The van der Waals surface area contributed by atoms with E-state index in [4.69, 9.17) is 9.47 Å². The predicted octanol–water partition coefficient (Wildman–Crippen LogP) is 2.44. The van der Waals surface area contributed by atoms with Crippen molar-refractivity contribution >= 4 is 0 Å². The summed E-state index contributed by atoms with van der Waals surface area (Å²) in [6.07, 6.45) is -0.302. The van der Waals surface area contributed by atoms with E-state index in [2.05, 4.69) is 0 Å². The minimum Gasteiger partial charge on any atom is -0.485 e. The van der Waals surface area contributed by atoms with Crippen LogP contribution in [0.5, 0.6) is 5.75 Å². The first kappa shape index (κ1) is 12.3. The molecule has 17 heavy (non-hydrogen) atoms. The molecule has 0 aliphatic carbocycles. The molecule has 0 aromatic heterocycles. The molecule has 0 bridgehead atoms. The van der Waals surface area contributed by atoms with Crippen molar-refractivity contribution in [2.75, 3.05) is 13.2 Å². The van der Waals surface area contributed by atoms with E-state index in [0.717, 1.165) is 0 Å². The summed E-state index contributed by atoms with van der Waals surface area (Å²) in [5.74, 6) is 0.173. The third-order valence-electron chi connectivity index (χ3n) is 2.92. The number of ether oxygens (including phenoxy) is 2. The zero-order valence-corrected chi connectivity index (χ0v) is 10.1. The van der Waals surface area contributed by atoms with Gasteiger partial charge in [0, 0.05) is 18.6 Å². The summed E-state index contributed by atoms with van der Waals surface area (Å²) in [6.45, 7) is 4.81. The van der Waals surface area contributed by atoms with E-state index in [1.54, 1.807) is 6.07 Å². The van der Waals surface area contributed by atoms with Crippen LogP contribution in [0.25, 0.3) is 0 Å². The molecule has 0 saturated carbocycles. The Labute approximate surface area is 100 Å². The first-order valence-corrected chi connectivity index (χ1v) is 5.78. The number of fused-ring (bicyclic) bond motifs is 1. The van der Waals surface area contributed by atoms with Gasteiger partial charge in [-0.2, -0.15) is 0 Å². The fourth-order valence-corrected chi connectivity index (χ4v) is 2.11. The molecule has 0 amide bonds. The number of halogens is 1. The van der Waals surface area contributed by atoms with Crippen molar-refractivity contribution in [3.63, 3.8) is 0 Å². The van der Waals surface area contributed by atoms with E-state index in [1.165, 1.54) is 12.1 Å². The normalized spacial score (nSPS) is 27.4. The third kappa shape index (κ3) is 2.58. The molecule has 1 N–H and O–H groups in total. The van der Waals surface area contributed by atoms with Crippen LogP contribution >= 0.6 is 0 Å². The highest BCUT2D eigenvalue weighted by Gasteiger charge is 2.37. The lowest BCUT2D eigenvalue weighted by Crippen LogP contribution is -2.42. The summed E-state index contributed by atoms with van der Waals surface area (Å²) in [5.41, 5.74) is -0.0424. The summed E-state index contributed by atoms with van der Waals surface area (Å²) in [7, 11) is 0. The fourth-order valence-electron chi connectivity index (χ4n) is 2.11. The van der Waals surface area contributed by atoms with Gasteiger partial charge in [0.2, 0.25) is 0 Å². The quantitative estimate of drug-likeness (QED) is 0.882. The number of aliphatic hydroxyl groups excluding tert-OH is 1. The highest BCUT2D eigenvalue weighted by molar-refractivity contribution is 5.38. The summed E-state index contributed by atoms with van der Waals surface area (Å²) >= 11 is 0. The Kier molecular flexibility index (Phi) is 3.35. The third-order valence-corrected chi connectivity index (χ3v) is 2.92. The molecule has 94 valence electrons. The van der Waals surface area contributed by atoms with Crippen LogP contribution in [0.4, 0.5) is 4.39 Å². The van der Waals surface area contributed by atoms with E-state index in [0.29, 0.717) is 30.9 Å². The summed E-state index contributed by atoms with van der Waals surface area (Å²) in [5, 5.41) is 10.0. The van der Waals surface area contributed by atoms with Gasteiger partial charge in [-0.1, -0.05) is 0 Å². The topological polar surface area (TPSA) is 38.7 Å². The van der Waals surface area contributed by atoms with E-state index in [-0.39, 0.29) is 5.82 Å². The lowest BCUT2D eigenvalue weighted by molar-refractivity contribution is -0.0576. The maximum absolute atomic E-state index is 13.1. The molecule has 0 fully saturated rings. The highest BCUT2D eigenvalue weighted by atomic mass is 19.1. The molecule has 0 radical (unpaired) electrons. The average molecular weight is 240 g/mol. The molecule has 0 spiro atoms. The minimum absolute atomic E-state index is 0.361. The monoisotopic (exact) mass is 240 g/mol. The Morgan fingerprint density at radius 3 is 3.06 bits per heavy atom. The zero-order valence-electron chi connectivity index (χ0n) is 10.1. The van der Waals surface area contributed by atoms with Crippen LogP contribution in [0.3, 0.4) is 0 Å². The van der Waals surface area contributed by atoms with Crippen LogP contribution in [0.2, 0.25) is 0 Å². The number of hydrogen-bond acceptors (Lipinski definition) is 3. The molecule has 1 aromatic carbocycles. The van der Waals surface area contributed by atoms with Crippen LogP contribution in [0, 0.1) is 5.82 Å². The predicted molar refractivity (Wildman–Crippen MR) is 61.5 cm³/mol. The number of aliphatic hydroxyl groups is 1.